The third-order valence-electron chi connectivity index (χ3n) is 3.38. The number of amides is 1. The maximum absolute atomic E-state index is 11.9. The molecule has 0 spiro atoms. The van der Waals surface area contributed by atoms with Crippen molar-refractivity contribution in [1.82, 2.24) is 30.1 Å². The Balaban J connectivity index is 1.54. The van der Waals surface area contributed by atoms with E-state index in [1.165, 1.54) is 11.3 Å². The summed E-state index contributed by atoms with van der Waals surface area (Å²) in [7, 11) is 0. The van der Waals surface area contributed by atoms with Crippen LogP contribution in [0.5, 0.6) is 0 Å². The molecule has 0 saturated carbocycles. The van der Waals surface area contributed by atoms with Crippen molar-refractivity contribution in [2.45, 2.75) is 39.2 Å². The lowest BCUT2D eigenvalue weighted by molar-refractivity contribution is -0.121. The molecule has 3 aromatic heterocycles. The summed E-state index contributed by atoms with van der Waals surface area (Å²) in [4.78, 5) is 16.7. The molecule has 3 rings (SSSR count). The Morgan fingerprint density at radius 2 is 2.09 bits per heavy atom. The maximum Gasteiger partial charge on any atom is 0.234 e. The molecule has 8 heteroatoms. The fraction of sp³-hybridized carbons (Fsp3) is 0.400. The van der Waals surface area contributed by atoms with Gasteiger partial charge in [0, 0.05) is 37.7 Å². The highest BCUT2D eigenvalue weighted by Gasteiger charge is 2.14. The van der Waals surface area contributed by atoms with Crippen LogP contribution < -0.4 is 5.32 Å². The van der Waals surface area contributed by atoms with Crippen LogP contribution in [-0.4, -0.2) is 30.7 Å². The highest BCUT2D eigenvalue weighted by Crippen LogP contribution is 2.19. The average molecular weight is 330 g/mol. The molecule has 0 fully saturated rings. The van der Waals surface area contributed by atoms with Gasteiger partial charge in [-0.15, -0.1) is 10.2 Å². The van der Waals surface area contributed by atoms with Gasteiger partial charge < -0.3 is 5.32 Å². The molecule has 0 aromatic carbocycles. The van der Waals surface area contributed by atoms with Crippen molar-refractivity contribution in [3.8, 4) is 0 Å². The lowest BCUT2D eigenvalue weighted by atomic mass is 10.2. The van der Waals surface area contributed by atoms with Crippen LogP contribution >= 0.6 is 11.3 Å². The Bertz CT molecular complexity index is 795. The molecule has 120 valence electrons. The van der Waals surface area contributed by atoms with E-state index in [-0.39, 0.29) is 11.8 Å². The minimum atomic E-state index is 0.0110. The van der Waals surface area contributed by atoms with E-state index in [1.807, 2.05) is 12.1 Å². The maximum atomic E-state index is 11.9. The van der Waals surface area contributed by atoms with Gasteiger partial charge >= 0.3 is 0 Å². The van der Waals surface area contributed by atoms with Crippen LogP contribution in [0.25, 0.3) is 4.96 Å². The van der Waals surface area contributed by atoms with E-state index in [9.17, 15) is 4.79 Å². The molecule has 0 bridgehead atoms. The molecule has 0 aliphatic carbocycles. The monoisotopic (exact) mass is 330 g/mol. The summed E-state index contributed by atoms with van der Waals surface area (Å²) in [6.45, 7) is 4.63. The molecule has 1 amide bonds. The van der Waals surface area contributed by atoms with Crippen LogP contribution in [0.15, 0.2) is 24.5 Å². The van der Waals surface area contributed by atoms with E-state index in [0.29, 0.717) is 19.4 Å². The van der Waals surface area contributed by atoms with E-state index in [4.69, 9.17) is 0 Å². The van der Waals surface area contributed by atoms with Gasteiger partial charge in [-0.2, -0.15) is 9.61 Å². The molecule has 3 heterocycles. The molecule has 7 nitrogen and oxygen atoms in total. The van der Waals surface area contributed by atoms with Crippen LogP contribution in [0.3, 0.4) is 0 Å². The number of hydrogen-bond donors (Lipinski definition) is 1. The molecule has 3 aromatic rings. The standard InChI is InChI=1S/C15H18N6OS/c1-10(2)14-18-19-15-21(14)20-13(23-15)4-3-12(22)17-9-11-5-7-16-8-6-11/h5-8,10H,3-4,9H2,1-2H3,(H,17,22). The van der Waals surface area contributed by atoms with Gasteiger partial charge in [0.15, 0.2) is 5.82 Å². The number of fused-ring (bicyclic) bond motifs is 1. The molecule has 0 aliphatic heterocycles. The number of aryl methyl sites for hydroxylation is 1. The van der Waals surface area contributed by atoms with E-state index in [0.717, 1.165) is 21.4 Å². The largest absolute Gasteiger partial charge is 0.352 e. The van der Waals surface area contributed by atoms with Crippen molar-refractivity contribution in [2.24, 2.45) is 0 Å². The Hall–Kier alpha value is -2.35. The summed E-state index contributed by atoms with van der Waals surface area (Å²) in [6.07, 6.45) is 4.44. The summed E-state index contributed by atoms with van der Waals surface area (Å²) < 4.78 is 1.78. The number of aromatic nitrogens is 5. The van der Waals surface area contributed by atoms with Crippen LogP contribution in [0, 0.1) is 0 Å². The quantitative estimate of drug-likeness (QED) is 0.747. The zero-order valence-corrected chi connectivity index (χ0v) is 13.9. The Kier molecular flexibility index (Phi) is 4.61. The molecule has 0 atom stereocenters. The van der Waals surface area contributed by atoms with Crippen molar-refractivity contribution < 1.29 is 4.79 Å². The number of nitrogens with one attached hydrogen (secondary N) is 1. The Labute approximate surface area is 137 Å². The smallest absolute Gasteiger partial charge is 0.234 e. The molecule has 23 heavy (non-hydrogen) atoms. The fourth-order valence-electron chi connectivity index (χ4n) is 2.14. The minimum absolute atomic E-state index is 0.0110. The predicted molar refractivity (Wildman–Crippen MR) is 87.2 cm³/mol. The molecule has 0 saturated heterocycles. The highest BCUT2D eigenvalue weighted by atomic mass is 32.1. The topological polar surface area (TPSA) is 85.1 Å². The van der Waals surface area contributed by atoms with Crippen LogP contribution in [-0.2, 0) is 17.8 Å². The predicted octanol–water partition coefficient (Wildman–Crippen LogP) is 1.95. The first-order valence-corrected chi connectivity index (χ1v) is 8.31. The van der Waals surface area contributed by atoms with Crippen molar-refractivity contribution in [1.29, 1.82) is 0 Å². The van der Waals surface area contributed by atoms with Gasteiger partial charge in [-0.05, 0) is 17.7 Å². The molecular weight excluding hydrogens is 312 g/mol. The number of pyridine rings is 1. The lowest BCUT2D eigenvalue weighted by Gasteiger charge is -2.04. The zero-order chi connectivity index (χ0) is 16.2. The second-order valence-corrected chi connectivity index (χ2v) is 6.58. The Morgan fingerprint density at radius 1 is 1.30 bits per heavy atom. The van der Waals surface area contributed by atoms with Gasteiger partial charge in [0.2, 0.25) is 10.9 Å². The summed E-state index contributed by atoms with van der Waals surface area (Å²) in [5.41, 5.74) is 1.04. The number of hydrogen-bond acceptors (Lipinski definition) is 6. The number of carbonyl (C=O) groups is 1. The molecule has 1 N–H and O–H groups in total. The molecule has 0 radical (unpaired) electrons. The van der Waals surface area contributed by atoms with Gasteiger partial charge in [-0.25, -0.2) is 0 Å². The number of nitrogens with zero attached hydrogens (tertiary/aromatic N) is 5. The van der Waals surface area contributed by atoms with Crippen LogP contribution in [0.2, 0.25) is 0 Å². The summed E-state index contributed by atoms with van der Waals surface area (Å²) in [5.74, 6) is 1.13. The summed E-state index contributed by atoms with van der Waals surface area (Å²) in [6, 6.07) is 3.77. The van der Waals surface area contributed by atoms with Crippen LogP contribution in [0.1, 0.15) is 42.6 Å². The highest BCUT2D eigenvalue weighted by molar-refractivity contribution is 7.16. The SMILES string of the molecule is CC(C)c1nnc2sc(CCC(=O)NCc3ccncc3)nn12. The molecule has 0 unspecified atom stereocenters. The van der Waals surface area contributed by atoms with Gasteiger partial charge in [0.05, 0.1) is 0 Å². The first-order chi connectivity index (χ1) is 11.1. The van der Waals surface area contributed by atoms with E-state index in [2.05, 4.69) is 39.4 Å². The van der Waals surface area contributed by atoms with Gasteiger partial charge in [0.25, 0.3) is 0 Å². The first-order valence-electron chi connectivity index (χ1n) is 7.50. The van der Waals surface area contributed by atoms with E-state index < -0.39 is 0 Å². The van der Waals surface area contributed by atoms with Crippen molar-refractivity contribution in [3.05, 3.63) is 40.9 Å². The van der Waals surface area contributed by atoms with E-state index in [1.54, 1.807) is 16.9 Å². The first kappa shape index (κ1) is 15.5. The van der Waals surface area contributed by atoms with Crippen LogP contribution in [0.4, 0.5) is 0 Å². The van der Waals surface area contributed by atoms with Gasteiger partial charge in [-0.1, -0.05) is 25.2 Å². The summed E-state index contributed by atoms with van der Waals surface area (Å²) >= 11 is 1.48. The van der Waals surface area contributed by atoms with Gasteiger partial charge in [0.1, 0.15) is 5.01 Å². The van der Waals surface area contributed by atoms with Crippen molar-refractivity contribution >= 4 is 22.2 Å². The normalized spacial score (nSPS) is 11.3. The third kappa shape index (κ3) is 3.70. The minimum Gasteiger partial charge on any atom is -0.352 e. The number of carbonyl (C=O) groups excluding carboxylic acids is 1. The van der Waals surface area contributed by atoms with E-state index >= 15 is 0 Å². The molecular formula is C15H18N6OS. The second kappa shape index (κ2) is 6.82. The van der Waals surface area contributed by atoms with Crippen molar-refractivity contribution in [2.75, 3.05) is 0 Å². The number of rotatable bonds is 6. The Morgan fingerprint density at radius 3 is 2.83 bits per heavy atom. The average Bonchev–Trinajstić information content (AvgIpc) is 3.11. The molecule has 0 aliphatic rings. The van der Waals surface area contributed by atoms with Crippen molar-refractivity contribution in [3.63, 3.8) is 0 Å². The second-order valence-electron chi connectivity index (χ2n) is 5.54. The van der Waals surface area contributed by atoms with Gasteiger partial charge in [-0.3, -0.25) is 9.78 Å². The fourth-order valence-corrected chi connectivity index (χ4v) is 2.98. The lowest BCUT2D eigenvalue weighted by Crippen LogP contribution is -2.23. The summed E-state index contributed by atoms with van der Waals surface area (Å²) in [5, 5.41) is 16.6. The zero-order valence-electron chi connectivity index (χ0n) is 13.1. The third-order valence-corrected chi connectivity index (χ3v) is 4.34.